The van der Waals surface area contributed by atoms with Crippen molar-refractivity contribution in [1.29, 1.82) is 0 Å². The smallest absolute Gasteiger partial charge is 0.335 e. The Bertz CT molecular complexity index is 864. The Morgan fingerprint density at radius 1 is 1.19 bits per heavy atom. The fourth-order valence-corrected chi connectivity index (χ4v) is 3.49. The van der Waals surface area contributed by atoms with Crippen LogP contribution in [0.4, 0.5) is 5.95 Å². The van der Waals surface area contributed by atoms with Crippen molar-refractivity contribution in [3.05, 3.63) is 47.8 Å². The average molecular weight is 305 g/mol. The number of sulfonamides is 1. The highest BCUT2D eigenvalue weighted by molar-refractivity contribution is 7.94. The number of nitrogens with zero attached hydrogens (tertiary/aromatic N) is 3. The standard InChI is InChI=1S/C12H7N3O5S/c16-10-8-3-2-7(11(17)18)6-9(8)21(19,20)15(10)12-13-4-1-5-14-12/h1-6H,(H,17,18). The second-order valence-electron chi connectivity index (χ2n) is 4.14. The van der Waals surface area contributed by atoms with E-state index in [1.807, 2.05) is 0 Å². The van der Waals surface area contributed by atoms with Crippen LogP contribution in [0.3, 0.4) is 0 Å². The fourth-order valence-electron chi connectivity index (χ4n) is 1.96. The molecule has 21 heavy (non-hydrogen) atoms. The molecule has 2 aromatic rings. The third-order valence-electron chi connectivity index (χ3n) is 2.90. The van der Waals surface area contributed by atoms with Crippen LogP contribution in [0.15, 0.2) is 41.6 Å². The highest BCUT2D eigenvalue weighted by atomic mass is 32.2. The van der Waals surface area contributed by atoms with Gasteiger partial charge >= 0.3 is 5.97 Å². The zero-order chi connectivity index (χ0) is 15.2. The third-order valence-corrected chi connectivity index (χ3v) is 4.60. The summed E-state index contributed by atoms with van der Waals surface area (Å²) in [6, 6.07) is 4.77. The number of carbonyl (C=O) groups is 2. The second-order valence-corrected chi connectivity index (χ2v) is 5.89. The van der Waals surface area contributed by atoms with E-state index in [1.54, 1.807) is 0 Å². The number of anilines is 1. The Kier molecular flexibility index (Phi) is 2.73. The number of rotatable bonds is 2. The van der Waals surface area contributed by atoms with Crippen molar-refractivity contribution in [2.24, 2.45) is 0 Å². The van der Waals surface area contributed by atoms with Crippen molar-refractivity contribution < 1.29 is 23.1 Å². The maximum atomic E-state index is 12.4. The van der Waals surface area contributed by atoms with Crippen LogP contribution in [-0.2, 0) is 10.0 Å². The predicted octanol–water partition coefficient (Wildman–Crippen LogP) is 0.524. The molecule has 0 fully saturated rings. The molecule has 2 heterocycles. The number of hydrogen-bond acceptors (Lipinski definition) is 6. The lowest BCUT2D eigenvalue weighted by molar-refractivity contribution is 0.0696. The third kappa shape index (κ3) is 1.86. The van der Waals surface area contributed by atoms with Gasteiger partial charge in [0.2, 0.25) is 5.95 Å². The Balaban J connectivity index is 2.22. The van der Waals surface area contributed by atoms with Crippen molar-refractivity contribution in [2.45, 2.75) is 4.90 Å². The highest BCUT2D eigenvalue weighted by Gasteiger charge is 2.44. The van der Waals surface area contributed by atoms with Crippen LogP contribution in [0.2, 0.25) is 0 Å². The van der Waals surface area contributed by atoms with E-state index in [0.717, 1.165) is 6.07 Å². The van der Waals surface area contributed by atoms with Crippen molar-refractivity contribution in [3.8, 4) is 0 Å². The van der Waals surface area contributed by atoms with Gasteiger partial charge in [0.25, 0.3) is 15.9 Å². The van der Waals surface area contributed by atoms with E-state index in [-0.39, 0.29) is 22.0 Å². The van der Waals surface area contributed by atoms with Crippen LogP contribution in [0, 0.1) is 0 Å². The molecule has 0 spiro atoms. The summed E-state index contributed by atoms with van der Waals surface area (Å²) in [6.45, 7) is 0. The molecule has 1 aliphatic rings. The molecule has 1 N–H and O–H groups in total. The van der Waals surface area contributed by atoms with Gasteiger partial charge in [-0.3, -0.25) is 4.79 Å². The van der Waals surface area contributed by atoms with E-state index < -0.39 is 21.9 Å². The van der Waals surface area contributed by atoms with Crippen molar-refractivity contribution in [1.82, 2.24) is 9.97 Å². The zero-order valence-corrected chi connectivity index (χ0v) is 11.1. The van der Waals surface area contributed by atoms with Gasteiger partial charge in [0.05, 0.1) is 11.1 Å². The number of hydrogen-bond donors (Lipinski definition) is 1. The van der Waals surface area contributed by atoms with Gasteiger partial charge in [0.15, 0.2) is 0 Å². The molecule has 106 valence electrons. The number of carboxylic acid groups (broad SMARTS) is 1. The first-order valence-corrected chi connectivity index (χ1v) is 7.11. The van der Waals surface area contributed by atoms with Gasteiger partial charge in [-0.25, -0.2) is 23.2 Å². The molecule has 1 aromatic heterocycles. The van der Waals surface area contributed by atoms with E-state index in [9.17, 15) is 18.0 Å². The van der Waals surface area contributed by atoms with Gasteiger partial charge in [-0.05, 0) is 24.3 Å². The van der Waals surface area contributed by atoms with Crippen LogP contribution in [0.1, 0.15) is 20.7 Å². The van der Waals surface area contributed by atoms with E-state index in [0.29, 0.717) is 4.31 Å². The minimum Gasteiger partial charge on any atom is -0.478 e. The minimum absolute atomic E-state index is 0.104. The molecule has 1 aromatic carbocycles. The van der Waals surface area contributed by atoms with Gasteiger partial charge < -0.3 is 5.11 Å². The number of aromatic nitrogens is 2. The summed E-state index contributed by atoms with van der Waals surface area (Å²) in [5.41, 5.74) is -0.326. The number of fused-ring (bicyclic) bond motifs is 1. The van der Waals surface area contributed by atoms with Crippen molar-refractivity contribution in [3.63, 3.8) is 0 Å². The summed E-state index contributed by atoms with van der Waals surface area (Å²) >= 11 is 0. The first-order chi connectivity index (χ1) is 9.93. The van der Waals surface area contributed by atoms with Crippen LogP contribution in [0.25, 0.3) is 0 Å². The molecule has 0 aliphatic carbocycles. The number of aromatic carboxylic acids is 1. The summed E-state index contributed by atoms with van der Waals surface area (Å²) < 4.78 is 25.3. The normalized spacial score (nSPS) is 15.8. The number of carboxylic acids is 1. The second kappa shape index (κ2) is 4.35. The Labute approximate surface area is 118 Å². The number of benzene rings is 1. The van der Waals surface area contributed by atoms with E-state index in [2.05, 4.69) is 9.97 Å². The maximum absolute atomic E-state index is 12.4. The average Bonchev–Trinajstić information content (AvgIpc) is 2.66. The largest absolute Gasteiger partial charge is 0.478 e. The van der Waals surface area contributed by atoms with Crippen LogP contribution < -0.4 is 4.31 Å². The van der Waals surface area contributed by atoms with Crippen LogP contribution in [-0.4, -0.2) is 35.4 Å². The summed E-state index contributed by atoms with van der Waals surface area (Å²) in [4.78, 5) is 30.3. The molecular formula is C12H7N3O5S. The van der Waals surface area contributed by atoms with Crippen LogP contribution >= 0.6 is 0 Å². The van der Waals surface area contributed by atoms with Gasteiger partial charge in [-0.1, -0.05) is 0 Å². The number of carbonyl (C=O) groups excluding carboxylic acids is 1. The molecule has 0 unspecified atom stereocenters. The predicted molar refractivity (Wildman–Crippen MR) is 69.4 cm³/mol. The fraction of sp³-hybridized carbons (Fsp3) is 0. The summed E-state index contributed by atoms with van der Waals surface area (Å²) in [7, 11) is -4.21. The van der Waals surface area contributed by atoms with E-state index >= 15 is 0 Å². The quantitative estimate of drug-likeness (QED) is 0.859. The number of amides is 1. The molecule has 8 nitrogen and oxygen atoms in total. The first-order valence-electron chi connectivity index (χ1n) is 5.67. The molecule has 0 saturated heterocycles. The molecule has 1 amide bonds. The maximum Gasteiger partial charge on any atom is 0.335 e. The topological polar surface area (TPSA) is 118 Å². The minimum atomic E-state index is -4.21. The lowest BCUT2D eigenvalue weighted by Gasteiger charge is -2.11. The first kappa shape index (κ1) is 13.2. The van der Waals surface area contributed by atoms with Gasteiger partial charge in [-0.2, -0.15) is 4.31 Å². The Hall–Kier alpha value is -2.81. The molecule has 0 radical (unpaired) electrons. The summed E-state index contributed by atoms with van der Waals surface area (Å²) in [6.07, 6.45) is 2.60. The van der Waals surface area contributed by atoms with Crippen LogP contribution in [0.5, 0.6) is 0 Å². The molecule has 3 rings (SSSR count). The SMILES string of the molecule is O=C(O)c1ccc2c(c1)S(=O)(=O)N(c1ncccn1)C2=O. The summed E-state index contributed by atoms with van der Waals surface area (Å²) in [5, 5.41) is 8.92. The van der Waals surface area contributed by atoms with Crippen molar-refractivity contribution in [2.75, 3.05) is 4.31 Å². The summed E-state index contributed by atoms with van der Waals surface area (Å²) in [5.74, 6) is -2.38. The van der Waals surface area contributed by atoms with Gasteiger partial charge in [0.1, 0.15) is 4.90 Å². The molecule has 0 atom stereocenters. The molecule has 9 heteroatoms. The van der Waals surface area contributed by atoms with E-state index in [1.165, 1.54) is 30.6 Å². The Morgan fingerprint density at radius 3 is 2.48 bits per heavy atom. The molecule has 0 bridgehead atoms. The molecule has 1 aliphatic heterocycles. The molecular weight excluding hydrogens is 298 g/mol. The van der Waals surface area contributed by atoms with E-state index in [4.69, 9.17) is 5.11 Å². The van der Waals surface area contributed by atoms with Gasteiger partial charge in [0, 0.05) is 12.4 Å². The lowest BCUT2D eigenvalue weighted by atomic mass is 10.1. The lowest BCUT2D eigenvalue weighted by Crippen LogP contribution is -2.31. The molecule has 0 saturated carbocycles. The Morgan fingerprint density at radius 2 is 1.86 bits per heavy atom. The highest BCUT2D eigenvalue weighted by Crippen LogP contribution is 2.33. The van der Waals surface area contributed by atoms with Gasteiger partial charge in [-0.15, -0.1) is 0 Å². The zero-order valence-electron chi connectivity index (χ0n) is 10.3. The monoisotopic (exact) mass is 305 g/mol. The van der Waals surface area contributed by atoms with Crippen molar-refractivity contribution >= 4 is 27.8 Å².